The van der Waals surface area contributed by atoms with Crippen LogP contribution in [0.4, 0.5) is 11.1 Å². The second kappa shape index (κ2) is 6.39. The minimum Gasteiger partial charge on any atom is -0.462 e. The summed E-state index contributed by atoms with van der Waals surface area (Å²) in [5.74, 6) is 0.306. The lowest BCUT2D eigenvalue weighted by atomic mass is 9.79. The first-order valence-corrected chi connectivity index (χ1v) is 9.68. The molecule has 3 aromatic rings. The van der Waals surface area contributed by atoms with E-state index in [1.165, 1.54) is 17.0 Å². The van der Waals surface area contributed by atoms with Crippen LogP contribution in [0.3, 0.4) is 0 Å². The number of aromatic amines is 1. The zero-order chi connectivity index (χ0) is 18.3. The summed E-state index contributed by atoms with van der Waals surface area (Å²) < 4.78 is 5.05. The highest BCUT2D eigenvalue weighted by Crippen LogP contribution is 2.39. The molecular weight excluding hydrogens is 348 g/mol. The van der Waals surface area contributed by atoms with E-state index in [1.807, 2.05) is 6.07 Å². The van der Waals surface area contributed by atoms with Gasteiger partial charge in [-0.15, -0.1) is 11.3 Å². The monoisotopic (exact) mass is 370 g/mol. The van der Waals surface area contributed by atoms with Crippen LogP contribution in [0.2, 0.25) is 0 Å². The third-order valence-electron chi connectivity index (χ3n) is 4.67. The van der Waals surface area contributed by atoms with Gasteiger partial charge >= 0.3 is 5.97 Å². The van der Waals surface area contributed by atoms with Crippen molar-refractivity contribution in [1.29, 1.82) is 0 Å². The lowest BCUT2D eigenvalue weighted by Crippen LogP contribution is -2.20. The number of carbonyl (C=O) groups excluding carboxylic acids is 1. The van der Waals surface area contributed by atoms with E-state index in [0.29, 0.717) is 23.5 Å². The first kappa shape index (κ1) is 17.0. The van der Waals surface area contributed by atoms with Crippen molar-refractivity contribution in [2.45, 2.75) is 40.0 Å². The summed E-state index contributed by atoms with van der Waals surface area (Å²) in [6, 6.07) is 5.31. The molecule has 0 fully saturated rings. The molecule has 0 aliphatic heterocycles. The summed E-state index contributed by atoms with van der Waals surface area (Å²) in [6.45, 7) is 6.77. The lowest BCUT2D eigenvalue weighted by molar-refractivity contribution is 0.0526. The summed E-state index contributed by atoms with van der Waals surface area (Å²) in [5, 5.41) is 4.14. The highest BCUT2D eigenvalue weighted by atomic mass is 32.1. The van der Waals surface area contributed by atoms with Crippen molar-refractivity contribution in [1.82, 2.24) is 15.0 Å². The Labute approximate surface area is 156 Å². The number of nitrogens with zero attached hydrogens (tertiary/aromatic N) is 2. The number of hydrogen-bond acceptors (Lipinski definition) is 6. The number of anilines is 2. The molecule has 0 radical (unpaired) electrons. The molecule has 0 atom stereocenters. The molecule has 2 aromatic heterocycles. The van der Waals surface area contributed by atoms with E-state index < -0.39 is 0 Å². The van der Waals surface area contributed by atoms with Gasteiger partial charge in [-0.05, 0) is 49.8 Å². The maximum absolute atomic E-state index is 11.9. The molecule has 2 N–H and O–H groups in total. The van der Waals surface area contributed by atoms with E-state index in [0.717, 1.165) is 29.0 Å². The Morgan fingerprint density at radius 1 is 1.38 bits per heavy atom. The quantitative estimate of drug-likeness (QED) is 0.663. The van der Waals surface area contributed by atoms with Crippen molar-refractivity contribution in [3.8, 4) is 0 Å². The molecule has 2 heterocycles. The molecule has 26 heavy (non-hydrogen) atoms. The highest BCUT2D eigenvalue weighted by Gasteiger charge is 2.28. The van der Waals surface area contributed by atoms with E-state index in [1.54, 1.807) is 30.4 Å². The van der Waals surface area contributed by atoms with Crippen LogP contribution in [0.15, 0.2) is 18.2 Å². The molecule has 4 rings (SSSR count). The third kappa shape index (κ3) is 3.31. The van der Waals surface area contributed by atoms with Crippen LogP contribution in [-0.4, -0.2) is 27.5 Å². The van der Waals surface area contributed by atoms with Gasteiger partial charge in [0.25, 0.3) is 0 Å². The fraction of sp³-hybridized carbons (Fsp3) is 0.421. The number of aromatic nitrogens is 3. The molecular formula is C19H22N4O2S. The number of hydrogen-bond donors (Lipinski definition) is 2. The summed E-state index contributed by atoms with van der Waals surface area (Å²) >= 11 is 1.70. The van der Waals surface area contributed by atoms with Crippen molar-refractivity contribution in [2.75, 3.05) is 11.9 Å². The predicted octanol–water partition coefficient (Wildman–Crippen LogP) is 4.45. The van der Waals surface area contributed by atoms with E-state index in [-0.39, 0.29) is 5.97 Å². The highest BCUT2D eigenvalue weighted by molar-refractivity contribution is 7.15. The van der Waals surface area contributed by atoms with Gasteiger partial charge in [-0.3, -0.25) is 0 Å². The SMILES string of the molecule is CCOC(=O)c1ccc2nc(Nc3nc4c(s3)CC(C)(C)CC4)[nH]c2c1. The number of imidazole rings is 1. The van der Waals surface area contributed by atoms with Crippen LogP contribution in [0, 0.1) is 5.41 Å². The molecule has 1 aromatic carbocycles. The number of aryl methyl sites for hydroxylation is 1. The number of esters is 1. The van der Waals surface area contributed by atoms with Crippen molar-refractivity contribution in [3.05, 3.63) is 34.3 Å². The van der Waals surface area contributed by atoms with Gasteiger partial charge in [-0.25, -0.2) is 14.8 Å². The van der Waals surface area contributed by atoms with Gasteiger partial charge in [0.05, 0.1) is 28.9 Å². The maximum Gasteiger partial charge on any atom is 0.338 e. The molecule has 0 bridgehead atoms. The minimum absolute atomic E-state index is 0.325. The second-order valence-electron chi connectivity index (χ2n) is 7.39. The van der Waals surface area contributed by atoms with E-state index in [9.17, 15) is 4.79 Å². The van der Waals surface area contributed by atoms with Crippen molar-refractivity contribution in [3.63, 3.8) is 0 Å². The lowest BCUT2D eigenvalue weighted by Gasteiger charge is -2.28. The van der Waals surface area contributed by atoms with Crippen LogP contribution in [-0.2, 0) is 17.6 Å². The Hall–Kier alpha value is -2.41. The van der Waals surface area contributed by atoms with E-state index in [2.05, 4.69) is 29.1 Å². The summed E-state index contributed by atoms with van der Waals surface area (Å²) in [5.41, 5.74) is 3.65. The third-order valence-corrected chi connectivity index (χ3v) is 5.69. The Bertz CT molecular complexity index is 973. The molecule has 6 nitrogen and oxygen atoms in total. The second-order valence-corrected chi connectivity index (χ2v) is 8.48. The average Bonchev–Trinajstić information content (AvgIpc) is 3.15. The summed E-state index contributed by atoms with van der Waals surface area (Å²) in [4.78, 5) is 25.7. The van der Waals surface area contributed by atoms with Gasteiger partial charge in [0.2, 0.25) is 5.95 Å². The molecule has 136 valence electrons. The number of benzene rings is 1. The molecule has 7 heteroatoms. The standard InChI is InChI=1S/C19H22N4O2S/c1-4-25-16(24)11-5-6-12-14(9-11)21-17(20-12)23-18-22-13-7-8-19(2,3)10-15(13)26-18/h5-6,9H,4,7-8,10H2,1-3H3,(H2,20,21,22,23). The fourth-order valence-electron chi connectivity index (χ4n) is 3.26. The smallest absolute Gasteiger partial charge is 0.338 e. The molecule has 1 aliphatic carbocycles. The Morgan fingerprint density at radius 3 is 3.04 bits per heavy atom. The minimum atomic E-state index is -0.325. The van der Waals surface area contributed by atoms with Gasteiger partial charge in [0.1, 0.15) is 0 Å². The number of H-pyrrole nitrogens is 1. The maximum atomic E-state index is 11.9. The first-order valence-electron chi connectivity index (χ1n) is 8.86. The number of ether oxygens (including phenoxy) is 1. The van der Waals surface area contributed by atoms with E-state index >= 15 is 0 Å². The molecule has 0 amide bonds. The normalized spacial score (nSPS) is 15.7. The largest absolute Gasteiger partial charge is 0.462 e. The zero-order valence-corrected chi connectivity index (χ0v) is 16.0. The van der Waals surface area contributed by atoms with Gasteiger partial charge in [0.15, 0.2) is 5.13 Å². The number of rotatable bonds is 4. The number of thiazole rings is 1. The Kier molecular flexibility index (Phi) is 4.19. The molecule has 0 spiro atoms. The van der Waals surface area contributed by atoms with Gasteiger partial charge < -0.3 is 15.0 Å². The average molecular weight is 370 g/mol. The predicted molar refractivity (Wildman–Crippen MR) is 103 cm³/mol. The molecule has 0 unspecified atom stereocenters. The van der Waals surface area contributed by atoms with Gasteiger partial charge in [0, 0.05) is 4.88 Å². The zero-order valence-electron chi connectivity index (χ0n) is 15.2. The van der Waals surface area contributed by atoms with Crippen molar-refractivity contribution in [2.24, 2.45) is 5.41 Å². The van der Waals surface area contributed by atoms with E-state index in [4.69, 9.17) is 9.72 Å². The topological polar surface area (TPSA) is 79.9 Å². The van der Waals surface area contributed by atoms with Gasteiger partial charge in [-0.2, -0.15) is 0 Å². The summed E-state index contributed by atoms with van der Waals surface area (Å²) in [7, 11) is 0. The van der Waals surface area contributed by atoms with Crippen molar-refractivity contribution >= 4 is 39.4 Å². The number of carbonyl (C=O) groups is 1. The van der Waals surface area contributed by atoms with Crippen LogP contribution >= 0.6 is 11.3 Å². The Morgan fingerprint density at radius 2 is 2.23 bits per heavy atom. The molecule has 0 saturated carbocycles. The van der Waals surface area contributed by atoms with Gasteiger partial charge in [-0.1, -0.05) is 13.8 Å². The van der Waals surface area contributed by atoms with Crippen LogP contribution < -0.4 is 5.32 Å². The van der Waals surface area contributed by atoms with Crippen LogP contribution in [0.1, 0.15) is 48.1 Å². The van der Waals surface area contributed by atoms with Crippen LogP contribution in [0.25, 0.3) is 11.0 Å². The Balaban J connectivity index is 1.56. The first-order chi connectivity index (χ1) is 12.4. The number of nitrogens with one attached hydrogen (secondary N) is 2. The molecule has 0 saturated heterocycles. The summed E-state index contributed by atoms with van der Waals surface area (Å²) in [6.07, 6.45) is 3.28. The van der Waals surface area contributed by atoms with Crippen molar-refractivity contribution < 1.29 is 9.53 Å². The number of fused-ring (bicyclic) bond motifs is 2. The van der Waals surface area contributed by atoms with Crippen LogP contribution in [0.5, 0.6) is 0 Å². The molecule has 1 aliphatic rings. The fourth-order valence-corrected chi connectivity index (χ4v) is 4.53.